The molecule has 0 aliphatic rings. The van der Waals surface area contributed by atoms with E-state index < -0.39 is 0 Å². The molecule has 108 valence electrons. The second kappa shape index (κ2) is 5.21. The van der Waals surface area contributed by atoms with E-state index in [1.807, 2.05) is 17.5 Å². The number of aromatic nitrogens is 2. The van der Waals surface area contributed by atoms with E-state index in [9.17, 15) is 4.79 Å². The van der Waals surface area contributed by atoms with E-state index in [1.165, 1.54) is 11.3 Å². The maximum Gasteiger partial charge on any atom is 0.259 e. The monoisotopic (exact) mass is 300 g/mol. The Hall–Kier alpha value is -2.34. The number of fused-ring (bicyclic) bond motifs is 1. The topological polar surface area (TPSA) is 83.8 Å². The van der Waals surface area contributed by atoms with Crippen LogP contribution in [0.3, 0.4) is 0 Å². The van der Waals surface area contributed by atoms with Crippen molar-refractivity contribution >= 4 is 39.0 Å². The summed E-state index contributed by atoms with van der Waals surface area (Å²) < 4.78 is 0. The van der Waals surface area contributed by atoms with Crippen LogP contribution in [0.2, 0.25) is 0 Å². The van der Waals surface area contributed by atoms with Crippen LogP contribution in [0.5, 0.6) is 0 Å². The van der Waals surface area contributed by atoms with Crippen molar-refractivity contribution in [3.05, 3.63) is 41.0 Å². The number of carbonyl (C=O) groups excluding carboxylic acids is 1. The molecule has 1 amide bonds. The van der Waals surface area contributed by atoms with Gasteiger partial charge in [-0.1, -0.05) is 13.8 Å². The molecule has 0 fully saturated rings. The SMILES string of the molecule is CC(C)c1csc(NC(=O)c2c[nH]c3cc(N)ccc23)n1. The second-order valence-electron chi connectivity index (χ2n) is 5.19. The first-order valence-corrected chi connectivity index (χ1v) is 7.56. The molecule has 6 heteroatoms. The smallest absolute Gasteiger partial charge is 0.259 e. The predicted molar refractivity (Wildman–Crippen MR) is 86.9 cm³/mol. The van der Waals surface area contributed by atoms with Gasteiger partial charge in [-0.15, -0.1) is 11.3 Å². The summed E-state index contributed by atoms with van der Waals surface area (Å²) in [7, 11) is 0. The molecule has 0 unspecified atom stereocenters. The summed E-state index contributed by atoms with van der Waals surface area (Å²) in [5.74, 6) is 0.179. The molecule has 21 heavy (non-hydrogen) atoms. The molecular weight excluding hydrogens is 284 g/mol. The fourth-order valence-corrected chi connectivity index (χ4v) is 2.97. The lowest BCUT2D eigenvalue weighted by Crippen LogP contribution is -2.11. The van der Waals surface area contributed by atoms with Gasteiger partial charge in [-0.3, -0.25) is 10.1 Å². The number of anilines is 2. The molecule has 5 nitrogen and oxygen atoms in total. The number of nitrogens with one attached hydrogen (secondary N) is 2. The summed E-state index contributed by atoms with van der Waals surface area (Å²) in [6.07, 6.45) is 1.69. The molecule has 0 saturated carbocycles. The quantitative estimate of drug-likeness (QED) is 0.646. The van der Waals surface area contributed by atoms with Gasteiger partial charge in [0.1, 0.15) is 0 Å². The Morgan fingerprint density at radius 2 is 2.24 bits per heavy atom. The predicted octanol–water partition coefficient (Wildman–Crippen LogP) is 3.58. The van der Waals surface area contributed by atoms with Crippen LogP contribution in [-0.4, -0.2) is 15.9 Å². The number of hydrogen-bond donors (Lipinski definition) is 3. The number of carbonyl (C=O) groups is 1. The number of amides is 1. The Morgan fingerprint density at radius 3 is 2.95 bits per heavy atom. The van der Waals surface area contributed by atoms with Gasteiger partial charge in [-0.2, -0.15) is 0 Å². The third kappa shape index (κ3) is 2.62. The largest absolute Gasteiger partial charge is 0.399 e. The maximum absolute atomic E-state index is 12.4. The molecule has 0 saturated heterocycles. The number of thiazole rings is 1. The van der Waals surface area contributed by atoms with Crippen molar-refractivity contribution in [3.63, 3.8) is 0 Å². The highest BCUT2D eigenvalue weighted by molar-refractivity contribution is 7.14. The van der Waals surface area contributed by atoms with Crippen molar-refractivity contribution < 1.29 is 4.79 Å². The molecule has 0 aliphatic carbocycles. The molecule has 0 spiro atoms. The zero-order valence-electron chi connectivity index (χ0n) is 11.8. The molecule has 2 aromatic heterocycles. The van der Waals surface area contributed by atoms with Gasteiger partial charge in [-0.05, 0) is 24.1 Å². The molecule has 0 atom stereocenters. The third-order valence-corrected chi connectivity index (χ3v) is 4.06. The average Bonchev–Trinajstić information content (AvgIpc) is 3.04. The normalized spacial score (nSPS) is 11.2. The van der Waals surface area contributed by atoms with Crippen LogP contribution in [0.15, 0.2) is 29.8 Å². The molecule has 3 rings (SSSR count). The number of benzene rings is 1. The molecular formula is C15H16N4OS. The van der Waals surface area contributed by atoms with E-state index in [-0.39, 0.29) is 5.91 Å². The molecule has 1 aromatic carbocycles. The summed E-state index contributed by atoms with van der Waals surface area (Å²) in [6.45, 7) is 4.15. The van der Waals surface area contributed by atoms with E-state index in [1.54, 1.807) is 12.3 Å². The van der Waals surface area contributed by atoms with Crippen molar-refractivity contribution in [2.24, 2.45) is 0 Å². The number of nitrogens with two attached hydrogens (primary N) is 1. The lowest BCUT2D eigenvalue weighted by atomic mass is 10.1. The van der Waals surface area contributed by atoms with Crippen molar-refractivity contribution in [3.8, 4) is 0 Å². The third-order valence-electron chi connectivity index (χ3n) is 3.28. The van der Waals surface area contributed by atoms with Gasteiger partial charge in [0.05, 0.1) is 11.3 Å². The van der Waals surface area contributed by atoms with Gasteiger partial charge >= 0.3 is 0 Å². The molecule has 0 radical (unpaired) electrons. The van der Waals surface area contributed by atoms with E-state index in [0.29, 0.717) is 22.3 Å². The fraction of sp³-hybridized carbons (Fsp3) is 0.200. The van der Waals surface area contributed by atoms with Crippen LogP contribution in [0.25, 0.3) is 10.9 Å². The summed E-state index contributed by atoms with van der Waals surface area (Å²) >= 11 is 1.44. The van der Waals surface area contributed by atoms with Crippen LogP contribution in [0.4, 0.5) is 10.8 Å². The lowest BCUT2D eigenvalue weighted by molar-refractivity contribution is 0.102. The number of rotatable bonds is 3. The van der Waals surface area contributed by atoms with Gasteiger partial charge < -0.3 is 10.7 Å². The van der Waals surface area contributed by atoms with Crippen LogP contribution in [0.1, 0.15) is 35.8 Å². The van der Waals surface area contributed by atoms with E-state index in [2.05, 4.69) is 29.1 Å². The van der Waals surface area contributed by atoms with Crippen molar-refractivity contribution in [1.82, 2.24) is 9.97 Å². The Bertz CT molecular complexity index is 803. The molecule has 0 bridgehead atoms. The minimum atomic E-state index is -0.171. The van der Waals surface area contributed by atoms with Gasteiger partial charge in [0.15, 0.2) is 5.13 Å². The highest BCUT2D eigenvalue weighted by atomic mass is 32.1. The molecule has 2 heterocycles. The summed E-state index contributed by atoms with van der Waals surface area (Å²) in [5, 5.41) is 6.28. The first kappa shape index (κ1) is 13.6. The summed E-state index contributed by atoms with van der Waals surface area (Å²) in [6, 6.07) is 5.44. The van der Waals surface area contributed by atoms with Gasteiger partial charge in [-0.25, -0.2) is 4.98 Å². The number of H-pyrrole nitrogens is 1. The van der Waals surface area contributed by atoms with Crippen molar-refractivity contribution in [2.75, 3.05) is 11.1 Å². The summed E-state index contributed by atoms with van der Waals surface area (Å²) in [4.78, 5) is 19.8. The number of nitrogens with zero attached hydrogens (tertiary/aromatic N) is 1. The van der Waals surface area contributed by atoms with Gasteiger partial charge in [0.2, 0.25) is 0 Å². The number of nitrogen functional groups attached to an aromatic ring is 1. The minimum absolute atomic E-state index is 0.171. The van der Waals surface area contributed by atoms with Gasteiger partial charge in [0.25, 0.3) is 5.91 Å². The zero-order chi connectivity index (χ0) is 15.0. The van der Waals surface area contributed by atoms with Crippen molar-refractivity contribution in [2.45, 2.75) is 19.8 Å². The molecule has 0 aliphatic heterocycles. The van der Waals surface area contributed by atoms with Crippen LogP contribution < -0.4 is 11.1 Å². The standard InChI is InChI=1S/C15H16N4OS/c1-8(2)13-7-21-15(18-13)19-14(20)11-6-17-12-5-9(16)3-4-10(11)12/h3-8,17H,16H2,1-2H3,(H,18,19,20). The fourth-order valence-electron chi connectivity index (χ4n) is 2.10. The van der Waals surface area contributed by atoms with E-state index >= 15 is 0 Å². The van der Waals surface area contributed by atoms with E-state index in [0.717, 1.165) is 16.6 Å². The first-order valence-electron chi connectivity index (χ1n) is 6.68. The van der Waals surface area contributed by atoms with Crippen LogP contribution in [-0.2, 0) is 0 Å². The van der Waals surface area contributed by atoms with Gasteiger partial charge in [0, 0.05) is 28.2 Å². The Labute approximate surface area is 126 Å². The second-order valence-corrected chi connectivity index (χ2v) is 6.05. The molecule has 3 aromatic rings. The Morgan fingerprint density at radius 1 is 1.43 bits per heavy atom. The summed E-state index contributed by atoms with van der Waals surface area (Å²) in [5.41, 5.74) is 8.83. The van der Waals surface area contributed by atoms with E-state index in [4.69, 9.17) is 5.73 Å². The Balaban J connectivity index is 1.86. The maximum atomic E-state index is 12.4. The van der Waals surface area contributed by atoms with Crippen molar-refractivity contribution in [1.29, 1.82) is 0 Å². The average molecular weight is 300 g/mol. The minimum Gasteiger partial charge on any atom is -0.399 e. The highest BCUT2D eigenvalue weighted by Gasteiger charge is 2.14. The lowest BCUT2D eigenvalue weighted by Gasteiger charge is -2.01. The Kier molecular flexibility index (Phi) is 3.39. The zero-order valence-corrected chi connectivity index (χ0v) is 12.6. The first-order chi connectivity index (χ1) is 10.0. The number of hydrogen-bond acceptors (Lipinski definition) is 4. The highest BCUT2D eigenvalue weighted by Crippen LogP contribution is 2.24. The molecule has 4 N–H and O–H groups in total. The van der Waals surface area contributed by atoms with Crippen LogP contribution in [0, 0.1) is 0 Å². The number of aromatic amines is 1. The van der Waals surface area contributed by atoms with Crippen LogP contribution >= 0.6 is 11.3 Å².